The third kappa shape index (κ3) is 3.75. The molecular formula is C20H24O9. The number of methoxy groups -OCH3 is 1. The minimum atomic E-state index is -1.63. The number of Topliss-reactive ketones (excluding diaryl/α,β-unsaturated/α-hetero) is 1. The van der Waals surface area contributed by atoms with E-state index in [-0.39, 0.29) is 28.2 Å². The van der Waals surface area contributed by atoms with E-state index < -0.39 is 37.3 Å². The van der Waals surface area contributed by atoms with E-state index in [9.17, 15) is 30.3 Å². The lowest BCUT2D eigenvalue weighted by atomic mass is 9.96. The van der Waals surface area contributed by atoms with Crippen molar-refractivity contribution in [1.82, 2.24) is 0 Å². The van der Waals surface area contributed by atoms with Crippen LogP contribution in [0.2, 0.25) is 0 Å². The molecule has 29 heavy (non-hydrogen) atoms. The normalized spacial score (nSPS) is 27.1. The highest BCUT2D eigenvalue weighted by Gasteiger charge is 2.45. The Bertz CT molecular complexity index is 924. The first-order valence-corrected chi connectivity index (χ1v) is 9.02. The number of carbonyl (C=O) groups is 1. The summed E-state index contributed by atoms with van der Waals surface area (Å²) in [5.41, 5.74) is 0.691. The molecule has 1 fully saturated rings. The van der Waals surface area contributed by atoms with E-state index in [1.165, 1.54) is 20.1 Å². The van der Waals surface area contributed by atoms with E-state index >= 15 is 0 Å². The quantitative estimate of drug-likeness (QED) is 0.439. The number of hydrogen-bond acceptors (Lipinski definition) is 9. The van der Waals surface area contributed by atoms with Crippen molar-refractivity contribution in [2.75, 3.05) is 13.7 Å². The first-order valence-electron chi connectivity index (χ1n) is 9.02. The van der Waals surface area contributed by atoms with Gasteiger partial charge in [-0.05, 0) is 30.9 Å². The fourth-order valence-corrected chi connectivity index (χ4v) is 3.54. The molecule has 5 atom stereocenters. The number of hydrogen-bond donors (Lipinski definition) is 5. The maximum absolute atomic E-state index is 12.0. The van der Waals surface area contributed by atoms with Crippen molar-refractivity contribution in [1.29, 1.82) is 0 Å². The first kappa shape index (κ1) is 21.3. The number of ether oxygens (including phenoxy) is 3. The number of fused-ring (bicyclic) bond motifs is 1. The average molecular weight is 408 g/mol. The fourth-order valence-electron chi connectivity index (χ4n) is 3.54. The molecule has 0 aliphatic carbocycles. The van der Waals surface area contributed by atoms with Crippen molar-refractivity contribution in [2.24, 2.45) is 0 Å². The third-order valence-electron chi connectivity index (χ3n) is 5.03. The summed E-state index contributed by atoms with van der Waals surface area (Å²) in [6.45, 7) is 2.41. The van der Waals surface area contributed by atoms with Gasteiger partial charge in [0.2, 0.25) is 6.29 Å². The van der Waals surface area contributed by atoms with Gasteiger partial charge in [0, 0.05) is 6.07 Å². The molecule has 1 heterocycles. The molecule has 9 nitrogen and oxygen atoms in total. The number of rotatable bonds is 5. The Kier molecular flexibility index (Phi) is 5.97. The van der Waals surface area contributed by atoms with Gasteiger partial charge in [0.25, 0.3) is 0 Å². The van der Waals surface area contributed by atoms with E-state index in [1.54, 1.807) is 19.1 Å². The Hall–Kier alpha value is -2.43. The van der Waals surface area contributed by atoms with E-state index in [4.69, 9.17) is 14.2 Å². The molecule has 158 valence electrons. The Balaban J connectivity index is 2.13. The molecule has 1 aliphatic heterocycles. The van der Waals surface area contributed by atoms with Crippen LogP contribution in [0, 0.1) is 6.92 Å². The summed E-state index contributed by atoms with van der Waals surface area (Å²) in [7, 11) is 1.44. The van der Waals surface area contributed by atoms with Gasteiger partial charge >= 0.3 is 0 Å². The van der Waals surface area contributed by atoms with E-state index in [2.05, 4.69) is 0 Å². The zero-order valence-electron chi connectivity index (χ0n) is 16.2. The minimum absolute atomic E-state index is 0.0312. The Morgan fingerprint density at radius 2 is 1.83 bits per heavy atom. The summed E-state index contributed by atoms with van der Waals surface area (Å²) in [4.78, 5) is 12.0. The molecule has 2 aromatic rings. The van der Waals surface area contributed by atoms with Crippen molar-refractivity contribution in [3.05, 3.63) is 29.3 Å². The molecule has 0 radical (unpaired) electrons. The smallest absolute Gasteiger partial charge is 0.229 e. The summed E-state index contributed by atoms with van der Waals surface area (Å²) in [6.07, 6.45) is -7.39. The van der Waals surface area contributed by atoms with Crippen LogP contribution >= 0.6 is 0 Å². The van der Waals surface area contributed by atoms with Gasteiger partial charge in [0.05, 0.1) is 24.7 Å². The summed E-state index contributed by atoms with van der Waals surface area (Å²) in [5.74, 6) is -0.221. The molecule has 0 amide bonds. The largest absolute Gasteiger partial charge is 0.506 e. The monoisotopic (exact) mass is 408 g/mol. The highest BCUT2D eigenvalue weighted by molar-refractivity contribution is 6.07. The van der Waals surface area contributed by atoms with E-state index in [1.807, 2.05) is 0 Å². The van der Waals surface area contributed by atoms with Gasteiger partial charge in [0.15, 0.2) is 5.78 Å². The molecule has 9 heteroatoms. The van der Waals surface area contributed by atoms with Crippen LogP contribution in [0.1, 0.15) is 22.8 Å². The molecule has 1 aliphatic rings. The predicted molar refractivity (Wildman–Crippen MR) is 101 cm³/mol. The summed E-state index contributed by atoms with van der Waals surface area (Å²) < 4.78 is 16.4. The molecule has 0 bridgehead atoms. The number of aliphatic hydroxyl groups excluding tert-OH is 4. The lowest BCUT2D eigenvalue weighted by molar-refractivity contribution is -0.277. The molecule has 0 aromatic heterocycles. The zero-order valence-corrected chi connectivity index (χ0v) is 16.2. The van der Waals surface area contributed by atoms with Crippen LogP contribution in [-0.2, 0) is 4.74 Å². The van der Waals surface area contributed by atoms with Gasteiger partial charge in [-0.15, -0.1) is 0 Å². The van der Waals surface area contributed by atoms with Crippen LogP contribution in [0.15, 0.2) is 18.2 Å². The summed E-state index contributed by atoms with van der Waals surface area (Å²) >= 11 is 0. The molecule has 3 rings (SSSR count). The molecule has 5 N–H and O–H groups in total. The number of aromatic hydroxyl groups is 1. The summed E-state index contributed by atoms with van der Waals surface area (Å²) in [5, 5.41) is 51.0. The highest BCUT2D eigenvalue weighted by Crippen LogP contribution is 2.41. The second-order valence-corrected chi connectivity index (χ2v) is 7.01. The lowest BCUT2D eigenvalue weighted by Gasteiger charge is -2.39. The molecule has 2 aromatic carbocycles. The second-order valence-electron chi connectivity index (χ2n) is 7.01. The second kappa shape index (κ2) is 8.13. The van der Waals surface area contributed by atoms with Crippen LogP contribution in [0.3, 0.4) is 0 Å². The van der Waals surface area contributed by atoms with Crippen molar-refractivity contribution in [2.45, 2.75) is 44.6 Å². The predicted octanol–water partition coefficient (Wildman–Crippen LogP) is 0.244. The Morgan fingerprint density at radius 3 is 2.41 bits per heavy atom. The van der Waals surface area contributed by atoms with Gasteiger partial charge < -0.3 is 39.7 Å². The van der Waals surface area contributed by atoms with Crippen molar-refractivity contribution >= 4 is 16.6 Å². The van der Waals surface area contributed by atoms with Crippen LogP contribution < -0.4 is 9.47 Å². The fraction of sp³-hybridized carbons (Fsp3) is 0.450. The van der Waals surface area contributed by atoms with Gasteiger partial charge in [-0.3, -0.25) is 4.79 Å². The third-order valence-corrected chi connectivity index (χ3v) is 5.03. The van der Waals surface area contributed by atoms with Crippen molar-refractivity contribution in [3.8, 4) is 17.2 Å². The molecule has 2 unspecified atom stereocenters. The number of ketones is 1. The zero-order chi connectivity index (χ0) is 21.5. The van der Waals surface area contributed by atoms with Gasteiger partial charge in [0.1, 0.15) is 41.7 Å². The average Bonchev–Trinajstić information content (AvgIpc) is 2.67. The number of aliphatic hydroxyl groups is 4. The minimum Gasteiger partial charge on any atom is -0.506 e. The number of carbonyl (C=O) groups excluding carboxylic acids is 1. The van der Waals surface area contributed by atoms with Crippen LogP contribution in [0.4, 0.5) is 0 Å². The van der Waals surface area contributed by atoms with Gasteiger partial charge in [-0.1, -0.05) is 6.07 Å². The standard InChI is InChI=1S/C20H24O9/c1-8-4-10-5-11(27-3)6-12(15(10)17(24)14(8)9(2)22)28-20-19(26)18(25)16(23)13(7-21)29-20/h4-6,13,16,18-21,23-26H,7H2,1-3H3/t13-,16-,18?,19-,20?/m1/s1. The van der Waals surface area contributed by atoms with Crippen LogP contribution in [-0.4, -0.2) is 75.7 Å². The van der Waals surface area contributed by atoms with Gasteiger partial charge in [-0.2, -0.15) is 0 Å². The lowest BCUT2D eigenvalue weighted by Crippen LogP contribution is -2.60. The summed E-state index contributed by atoms with van der Waals surface area (Å²) in [6, 6.07) is 4.77. The maximum atomic E-state index is 12.0. The highest BCUT2D eigenvalue weighted by atomic mass is 16.7. The number of phenols is 1. The molecule has 1 saturated heterocycles. The van der Waals surface area contributed by atoms with Gasteiger partial charge in [-0.25, -0.2) is 0 Å². The number of aryl methyl sites for hydroxylation is 1. The molecule has 0 spiro atoms. The van der Waals surface area contributed by atoms with Crippen LogP contribution in [0.25, 0.3) is 10.8 Å². The van der Waals surface area contributed by atoms with Crippen molar-refractivity contribution in [3.63, 3.8) is 0 Å². The SMILES string of the molecule is COc1cc(OC2O[C@H](CO)[C@@H](O)C(O)[C@H]2O)c2c(O)c(C(C)=O)c(C)cc2c1. The Morgan fingerprint density at radius 1 is 1.14 bits per heavy atom. The molecule has 0 saturated carbocycles. The van der Waals surface area contributed by atoms with Crippen molar-refractivity contribution < 1.29 is 44.5 Å². The first-order chi connectivity index (χ1) is 13.7. The Labute approximate surface area is 166 Å². The number of phenolic OH excluding ortho intramolecular Hbond substituents is 1. The number of benzene rings is 2. The van der Waals surface area contributed by atoms with E-state index in [0.29, 0.717) is 16.7 Å². The molecular weight excluding hydrogens is 384 g/mol. The maximum Gasteiger partial charge on any atom is 0.229 e. The van der Waals surface area contributed by atoms with Crippen LogP contribution in [0.5, 0.6) is 17.2 Å². The topological polar surface area (TPSA) is 146 Å². The van der Waals surface area contributed by atoms with E-state index in [0.717, 1.165) is 0 Å².